The molecule has 0 heterocycles. The lowest BCUT2D eigenvalue weighted by Gasteiger charge is -2.31. The molecule has 2 rings (SSSR count). The first-order chi connectivity index (χ1) is 19.6. The standard InChI is InChI=1S/C30H39NO10/c1-5-7-16-37-29(35)40-23-15-14-22(18-24(23)41-30(36)38-17-8-6-2)25(26(31)27(32)33)19(3)20(4)39-28(34)21-12-10-9-11-13-21/h9-15,18-20,25-26H,5-8,16-17,31H2,1-4H3,(H,32,33)/t19?,20?,25?,26-/m0/s1. The Hall–Kier alpha value is -4.12. The summed E-state index contributed by atoms with van der Waals surface area (Å²) >= 11 is 0. The summed E-state index contributed by atoms with van der Waals surface area (Å²) in [6.45, 7) is 7.48. The van der Waals surface area contributed by atoms with Gasteiger partial charge in [0.1, 0.15) is 12.1 Å². The number of ether oxygens (including phenoxy) is 5. The summed E-state index contributed by atoms with van der Waals surface area (Å²) in [5, 5.41) is 9.79. The maximum absolute atomic E-state index is 12.6. The molecule has 2 aromatic carbocycles. The van der Waals surface area contributed by atoms with E-state index in [1.54, 1.807) is 44.2 Å². The van der Waals surface area contributed by atoms with Crippen LogP contribution in [0.3, 0.4) is 0 Å². The van der Waals surface area contributed by atoms with Crippen LogP contribution < -0.4 is 15.2 Å². The number of carbonyl (C=O) groups is 4. The number of carbonyl (C=O) groups excluding carboxylic acids is 3. The summed E-state index contributed by atoms with van der Waals surface area (Å²) in [5.74, 6) is -3.71. The van der Waals surface area contributed by atoms with Crippen molar-refractivity contribution in [2.45, 2.75) is 71.4 Å². The molecule has 224 valence electrons. The van der Waals surface area contributed by atoms with Gasteiger partial charge in [0, 0.05) is 11.8 Å². The average Bonchev–Trinajstić information content (AvgIpc) is 2.95. The van der Waals surface area contributed by atoms with Crippen LogP contribution in [0.25, 0.3) is 0 Å². The summed E-state index contributed by atoms with van der Waals surface area (Å²) in [7, 11) is 0. The minimum atomic E-state index is -1.42. The lowest BCUT2D eigenvalue weighted by atomic mass is 9.79. The molecule has 0 fully saturated rings. The molecule has 0 saturated heterocycles. The molecule has 3 unspecified atom stereocenters. The van der Waals surface area contributed by atoms with Gasteiger partial charge in [-0.2, -0.15) is 0 Å². The number of carboxylic acid groups (broad SMARTS) is 1. The third-order valence-electron chi connectivity index (χ3n) is 6.46. The molecule has 0 spiro atoms. The molecule has 0 aliphatic carbocycles. The first kappa shape index (κ1) is 33.1. The van der Waals surface area contributed by atoms with Crippen LogP contribution >= 0.6 is 0 Å². The van der Waals surface area contributed by atoms with Crippen LogP contribution in [0.15, 0.2) is 48.5 Å². The molecule has 3 N–H and O–H groups in total. The van der Waals surface area contributed by atoms with Crippen molar-refractivity contribution in [1.29, 1.82) is 0 Å². The van der Waals surface area contributed by atoms with Gasteiger partial charge in [0.05, 0.1) is 18.8 Å². The van der Waals surface area contributed by atoms with E-state index in [1.165, 1.54) is 18.2 Å². The van der Waals surface area contributed by atoms with Gasteiger partial charge >= 0.3 is 24.2 Å². The number of unbranched alkanes of at least 4 members (excludes halogenated alkanes) is 2. The molecule has 0 amide bonds. The van der Waals surface area contributed by atoms with E-state index in [1.807, 2.05) is 13.8 Å². The zero-order valence-corrected chi connectivity index (χ0v) is 23.9. The van der Waals surface area contributed by atoms with Gasteiger partial charge in [-0.1, -0.05) is 57.9 Å². The highest BCUT2D eigenvalue weighted by molar-refractivity contribution is 5.89. The highest BCUT2D eigenvalue weighted by Gasteiger charge is 2.36. The largest absolute Gasteiger partial charge is 0.513 e. The monoisotopic (exact) mass is 573 g/mol. The van der Waals surface area contributed by atoms with E-state index in [4.69, 9.17) is 29.4 Å². The van der Waals surface area contributed by atoms with Crippen LogP contribution in [0.5, 0.6) is 11.5 Å². The normalized spacial score (nSPS) is 13.7. The van der Waals surface area contributed by atoms with E-state index >= 15 is 0 Å². The molecule has 11 heteroatoms. The fourth-order valence-electron chi connectivity index (χ4n) is 3.94. The predicted octanol–water partition coefficient (Wildman–Crippen LogP) is 5.69. The number of benzene rings is 2. The van der Waals surface area contributed by atoms with Crippen molar-refractivity contribution in [2.24, 2.45) is 11.7 Å². The minimum absolute atomic E-state index is 0.123. The molecule has 0 radical (unpaired) electrons. The van der Waals surface area contributed by atoms with Crippen LogP contribution in [0.2, 0.25) is 0 Å². The zero-order chi connectivity index (χ0) is 30.4. The molecule has 0 bridgehead atoms. The number of aliphatic carboxylic acids is 1. The van der Waals surface area contributed by atoms with Crippen molar-refractivity contribution >= 4 is 24.2 Å². The van der Waals surface area contributed by atoms with Gasteiger partial charge in [-0.05, 0) is 49.6 Å². The average molecular weight is 574 g/mol. The first-order valence-electron chi connectivity index (χ1n) is 13.7. The fraction of sp³-hybridized carbons (Fsp3) is 0.467. The second kappa shape index (κ2) is 16.9. The number of hydrogen-bond donors (Lipinski definition) is 2. The Morgan fingerprint density at radius 3 is 1.93 bits per heavy atom. The zero-order valence-electron chi connectivity index (χ0n) is 23.9. The van der Waals surface area contributed by atoms with E-state index in [-0.39, 0.29) is 24.7 Å². The molecule has 0 aliphatic rings. The van der Waals surface area contributed by atoms with Crippen LogP contribution in [0, 0.1) is 5.92 Å². The van der Waals surface area contributed by atoms with Crippen molar-refractivity contribution in [3.05, 3.63) is 59.7 Å². The van der Waals surface area contributed by atoms with Gasteiger partial charge in [0.25, 0.3) is 0 Å². The van der Waals surface area contributed by atoms with E-state index in [9.17, 15) is 24.3 Å². The molecule has 2 aromatic rings. The number of esters is 1. The fourth-order valence-corrected chi connectivity index (χ4v) is 3.94. The quantitative estimate of drug-likeness (QED) is 0.116. The van der Waals surface area contributed by atoms with Gasteiger partial charge < -0.3 is 34.5 Å². The van der Waals surface area contributed by atoms with Gasteiger partial charge in [-0.15, -0.1) is 0 Å². The minimum Gasteiger partial charge on any atom is -0.480 e. The highest BCUT2D eigenvalue weighted by atomic mass is 16.7. The predicted molar refractivity (Wildman–Crippen MR) is 149 cm³/mol. The summed E-state index contributed by atoms with van der Waals surface area (Å²) in [5.41, 5.74) is 6.80. The molecular weight excluding hydrogens is 534 g/mol. The Morgan fingerprint density at radius 2 is 1.39 bits per heavy atom. The number of hydrogen-bond acceptors (Lipinski definition) is 10. The molecule has 0 saturated carbocycles. The van der Waals surface area contributed by atoms with Gasteiger partial charge in [-0.25, -0.2) is 14.4 Å². The van der Waals surface area contributed by atoms with Gasteiger partial charge in [0.2, 0.25) is 0 Å². The maximum atomic E-state index is 12.6. The summed E-state index contributed by atoms with van der Waals surface area (Å²) in [6.07, 6.45) is 0.0745. The molecule has 4 atom stereocenters. The van der Waals surface area contributed by atoms with Gasteiger partial charge in [-0.3, -0.25) is 4.79 Å². The lowest BCUT2D eigenvalue weighted by Crippen LogP contribution is -2.42. The number of carboxylic acids is 1. The number of rotatable bonds is 15. The summed E-state index contributed by atoms with van der Waals surface area (Å²) in [4.78, 5) is 49.2. The molecular formula is C30H39NO10. The third-order valence-corrected chi connectivity index (χ3v) is 6.46. The van der Waals surface area contributed by atoms with Crippen molar-refractivity contribution in [3.63, 3.8) is 0 Å². The topological polar surface area (TPSA) is 161 Å². The van der Waals surface area contributed by atoms with Crippen molar-refractivity contribution in [3.8, 4) is 11.5 Å². The van der Waals surface area contributed by atoms with Crippen LogP contribution in [-0.2, 0) is 19.0 Å². The second-order valence-electron chi connectivity index (χ2n) is 9.54. The van der Waals surface area contributed by atoms with Gasteiger partial charge in [0.15, 0.2) is 11.5 Å². The van der Waals surface area contributed by atoms with Crippen molar-refractivity contribution in [2.75, 3.05) is 13.2 Å². The number of nitrogens with two attached hydrogens (primary N) is 1. The SMILES string of the molecule is CCCCOC(=O)Oc1ccc(C(C(C)C(C)OC(=O)c2ccccc2)[C@H](N)C(=O)O)cc1OC(=O)OCCCC. The van der Waals surface area contributed by atoms with Crippen molar-refractivity contribution < 1.29 is 48.0 Å². The Morgan fingerprint density at radius 1 is 0.829 bits per heavy atom. The Labute approximate surface area is 239 Å². The molecule has 0 aromatic heterocycles. The van der Waals surface area contributed by atoms with Crippen LogP contribution in [0.1, 0.15) is 75.2 Å². The Balaban J connectivity index is 2.39. The Bertz CT molecular complexity index is 1150. The molecule has 0 aliphatic heterocycles. The second-order valence-corrected chi connectivity index (χ2v) is 9.54. The Kier molecular flexibility index (Phi) is 13.6. The molecule has 11 nitrogen and oxygen atoms in total. The van der Waals surface area contributed by atoms with E-state index < -0.39 is 48.2 Å². The third kappa shape index (κ3) is 10.4. The van der Waals surface area contributed by atoms with E-state index in [2.05, 4.69) is 0 Å². The van der Waals surface area contributed by atoms with Crippen LogP contribution in [0.4, 0.5) is 9.59 Å². The van der Waals surface area contributed by atoms with E-state index in [0.717, 1.165) is 12.8 Å². The van der Waals surface area contributed by atoms with Crippen molar-refractivity contribution in [1.82, 2.24) is 0 Å². The van der Waals surface area contributed by atoms with Crippen LogP contribution in [-0.4, -0.2) is 54.7 Å². The highest BCUT2D eigenvalue weighted by Crippen LogP contribution is 2.37. The summed E-state index contributed by atoms with van der Waals surface area (Å²) in [6, 6.07) is 11.2. The first-order valence-corrected chi connectivity index (χ1v) is 13.7. The maximum Gasteiger partial charge on any atom is 0.513 e. The lowest BCUT2D eigenvalue weighted by molar-refractivity contribution is -0.139. The smallest absolute Gasteiger partial charge is 0.480 e. The summed E-state index contributed by atoms with van der Waals surface area (Å²) < 4.78 is 26.3. The molecule has 41 heavy (non-hydrogen) atoms. The van der Waals surface area contributed by atoms with E-state index in [0.29, 0.717) is 24.0 Å².